The minimum atomic E-state index is 0.462. The van der Waals surface area contributed by atoms with Crippen LogP contribution in [0.25, 0.3) is 0 Å². The SMILES string of the molecule is C1CCC2(CC1)CN(CCC1CCCCO1)CCN2. The molecule has 1 N–H and O–H groups in total. The zero-order valence-corrected chi connectivity index (χ0v) is 12.3. The fraction of sp³-hybridized carbons (Fsp3) is 1.00. The van der Waals surface area contributed by atoms with Gasteiger partial charge in [0.1, 0.15) is 0 Å². The zero-order chi connectivity index (χ0) is 13.0. The topological polar surface area (TPSA) is 24.5 Å². The van der Waals surface area contributed by atoms with Crippen molar-refractivity contribution in [1.29, 1.82) is 0 Å². The molecule has 1 saturated carbocycles. The van der Waals surface area contributed by atoms with E-state index in [0.29, 0.717) is 11.6 Å². The molecule has 0 bridgehead atoms. The second kappa shape index (κ2) is 6.55. The molecule has 1 atom stereocenters. The van der Waals surface area contributed by atoms with E-state index in [1.807, 2.05) is 0 Å². The molecule has 1 unspecified atom stereocenters. The van der Waals surface area contributed by atoms with Gasteiger partial charge in [-0.2, -0.15) is 0 Å². The average molecular weight is 266 g/mol. The number of nitrogens with one attached hydrogen (secondary N) is 1. The summed E-state index contributed by atoms with van der Waals surface area (Å²) in [4.78, 5) is 2.69. The largest absolute Gasteiger partial charge is 0.378 e. The van der Waals surface area contributed by atoms with Gasteiger partial charge in [0.05, 0.1) is 6.10 Å². The summed E-state index contributed by atoms with van der Waals surface area (Å²) in [6.07, 6.45) is 12.8. The summed E-state index contributed by atoms with van der Waals surface area (Å²) in [6, 6.07) is 0. The standard InChI is InChI=1S/C16H30N2O/c1-3-8-16(9-4-1)14-18(12-10-17-16)11-7-15-6-2-5-13-19-15/h15,17H,1-14H2. The van der Waals surface area contributed by atoms with Crippen LogP contribution in [0.3, 0.4) is 0 Å². The van der Waals surface area contributed by atoms with Crippen molar-refractivity contribution >= 4 is 0 Å². The molecule has 0 amide bonds. The van der Waals surface area contributed by atoms with Gasteiger partial charge in [0, 0.05) is 38.3 Å². The molecule has 3 aliphatic rings. The molecule has 3 nitrogen and oxygen atoms in total. The van der Waals surface area contributed by atoms with Gasteiger partial charge >= 0.3 is 0 Å². The van der Waals surface area contributed by atoms with E-state index < -0.39 is 0 Å². The first-order valence-electron chi connectivity index (χ1n) is 8.45. The summed E-state index contributed by atoms with van der Waals surface area (Å²) in [6.45, 7) is 5.93. The maximum absolute atomic E-state index is 5.86. The van der Waals surface area contributed by atoms with Crippen molar-refractivity contribution in [1.82, 2.24) is 10.2 Å². The van der Waals surface area contributed by atoms with Crippen LogP contribution in [-0.2, 0) is 4.74 Å². The molecule has 1 spiro atoms. The highest BCUT2D eigenvalue weighted by molar-refractivity contribution is 4.96. The number of ether oxygens (including phenoxy) is 1. The lowest BCUT2D eigenvalue weighted by Crippen LogP contribution is -2.61. The summed E-state index contributed by atoms with van der Waals surface area (Å²) in [5, 5.41) is 3.83. The third kappa shape index (κ3) is 3.71. The molecule has 110 valence electrons. The Morgan fingerprint density at radius 1 is 1.11 bits per heavy atom. The van der Waals surface area contributed by atoms with Gasteiger partial charge in [-0.3, -0.25) is 0 Å². The highest BCUT2D eigenvalue weighted by atomic mass is 16.5. The Morgan fingerprint density at radius 2 is 2.00 bits per heavy atom. The highest BCUT2D eigenvalue weighted by Crippen LogP contribution is 2.30. The van der Waals surface area contributed by atoms with Gasteiger partial charge in [-0.25, -0.2) is 0 Å². The molecule has 19 heavy (non-hydrogen) atoms. The van der Waals surface area contributed by atoms with Crippen LogP contribution in [0.4, 0.5) is 0 Å². The third-order valence-electron chi connectivity index (χ3n) is 5.31. The number of rotatable bonds is 3. The predicted molar refractivity (Wildman–Crippen MR) is 78.5 cm³/mol. The normalized spacial score (nSPS) is 32.5. The van der Waals surface area contributed by atoms with Crippen molar-refractivity contribution in [2.24, 2.45) is 0 Å². The minimum Gasteiger partial charge on any atom is -0.378 e. The molecule has 2 aliphatic heterocycles. The lowest BCUT2D eigenvalue weighted by atomic mass is 9.80. The van der Waals surface area contributed by atoms with E-state index in [0.717, 1.165) is 6.61 Å². The number of hydrogen-bond donors (Lipinski definition) is 1. The Balaban J connectivity index is 1.45. The van der Waals surface area contributed by atoms with Crippen molar-refractivity contribution in [3.63, 3.8) is 0 Å². The van der Waals surface area contributed by atoms with Gasteiger partial charge in [-0.15, -0.1) is 0 Å². The van der Waals surface area contributed by atoms with Crippen LogP contribution >= 0.6 is 0 Å². The lowest BCUT2D eigenvalue weighted by Gasteiger charge is -2.46. The van der Waals surface area contributed by atoms with E-state index in [9.17, 15) is 0 Å². The molecular weight excluding hydrogens is 236 g/mol. The van der Waals surface area contributed by atoms with Gasteiger partial charge in [-0.1, -0.05) is 19.3 Å². The molecule has 2 heterocycles. The van der Waals surface area contributed by atoms with Gasteiger partial charge in [0.25, 0.3) is 0 Å². The minimum absolute atomic E-state index is 0.462. The Labute approximate surface area is 118 Å². The van der Waals surface area contributed by atoms with Gasteiger partial charge in [0.2, 0.25) is 0 Å². The van der Waals surface area contributed by atoms with E-state index in [1.54, 1.807) is 0 Å². The Bertz CT molecular complexity index is 264. The fourth-order valence-corrected chi connectivity index (χ4v) is 4.16. The van der Waals surface area contributed by atoms with E-state index in [4.69, 9.17) is 4.74 Å². The molecular formula is C16H30N2O. The van der Waals surface area contributed by atoms with E-state index in [2.05, 4.69) is 10.2 Å². The van der Waals surface area contributed by atoms with Crippen LogP contribution in [0, 0.1) is 0 Å². The quantitative estimate of drug-likeness (QED) is 0.849. The van der Waals surface area contributed by atoms with Crippen molar-refractivity contribution in [2.75, 3.05) is 32.8 Å². The molecule has 0 aromatic heterocycles. The van der Waals surface area contributed by atoms with E-state index in [1.165, 1.54) is 84.0 Å². The Kier molecular flexibility index (Phi) is 4.78. The van der Waals surface area contributed by atoms with Crippen LogP contribution in [0.5, 0.6) is 0 Å². The summed E-state index contributed by atoms with van der Waals surface area (Å²) >= 11 is 0. The molecule has 3 fully saturated rings. The monoisotopic (exact) mass is 266 g/mol. The first-order chi connectivity index (χ1) is 9.36. The second-order valence-corrected chi connectivity index (χ2v) is 6.82. The van der Waals surface area contributed by atoms with Gasteiger partial charge in [-0.05, 0) is 38.5 Å². The molecule has 0 aromatic carbocycles. The number of hydrogen-bond acceptors (Lipinski definition) is 3. The molecule has 0 radical (unpaired) electrons. The fourth-order valence-electron chi connectivity index (χ4n) is 4.16. The third-order valence-corrected chi connectivity index (χ3v) is 5.31. The highest BCUT2D eigenvalue weighted by Gasteiger charge is 2.35. The molecule has 2 saturated heterocycles. The van der Waals surface area contributed by atoms with Gasteiger partial charge < -0.3 is 15.0 Å². The van der Waals surface area contributed by atoms with E-state index in [-0.39, 0.29) is 0 Å². The average Bonchev–Trinajstić information content (AvgIpc) is 2.47. The predicted octanol–water partition coefficient (Wildman–Crippen LogP) is 2.55. The van der Waals surface area contributed by atoms with Crippen molar-refractivity contribution < 1.29 is 4.74 Å². The first-order valence-corrected chi connectivity index (χ1v) is 8.45. The number of nitrogens with zero attached hydrogens (tertiary/aromatic N) is 1. The molecule has 3 rings (SSSR count). The van der Waals surface area contributed by atoms with Crippen LogP contribution in [0.2, 0.25) is 0 Å². The maximum atomic E-state index is 5.86. The van der Waals surface area contributed by atoms with Crippen LogP contribution in [0.1, 0.15) is 57.8 Å². The summed E-state index contributed by atoms with van der Waals surface area (Å²) in [5.74, 6) is 0. The van der Waals surface area contributed by atoms with Crippen LogP contribution in [0.15, 0.2) is 0 Å². The summed E-state index contributed by atoms with van der Waals surface area (Å²) in [5.41, 5.74) is 0.462. The number of piperazine rings is 1. The van der Waals surface area contributed by atoms with Crippen molar-refractivity contribution in [3.8, 4) is 0 Å². The Hall–Kier alpha value is -0.120. The van der Waals surface area contributed by atoms with E-state index >= 15 is 0 Å². The molecule has 0 aromatic rings. The summed E-state index contributed by atoms with van der Waals surface area (Å²) < 4.78 is 5.86. The maximum Gasteiger partial charge on any atom is 0.0587 e. The van der Waals surface area contributed by atoms with Crippen molar-refractivity contribution in [3.05, 3.63) is 0 Å². The smallest absolute Gasteiger partial charge is 0.0587 e. The lowest BCUT2D eigenvalue weighted by molar-refractivity contribution is 0.000373. The molecule has 3 heteroatoms. The van der Waals surface area contributed by atoms with Crippen molar-refractivity contribution in [2.45, 2.75) is 69.4 Å². The molecule has 1 aliphatic carbocycles. The Morgan fingerprint density at radius 3 is 2.79 bits per heavy atom. The van der Waals surface area contributed by atoms with Crippen LogP contribution < -0.4 is 5.32 Å². The zero-order valence-electron chi connectivity index (χ0n) is 12.3. The van der Waals surface area contributed by atoms with Gasteiger partial charge in [0.15, 0.2) is 0 Å². The second-order valence-electron chi connectivity index (χ2n) is 6.82. The summed E-state index contributed by atoms with van der Waals surface area (Å²) in [7, 11) is 0. The first kappa shape index (κ1) is 13.8. The van der Waals surface area contributed by atoms with Crippen LogP contribution in [-0.4, -0.2) is 49.3 Å².